The molecule has 0 radical (unpaired) electrons. The molecule has 1 atom stereocenters. The van der Waals surface area contributed by atoms with Crippen LogP contribution >= 0.6 is 12.2 Å². The molecule has 2 aromatic carbocycles. The molecule has 0 spiro atoms. The second kappa shape index (κ2) is 7.54. The highest BCUT2D eigenvalue weighted by molar-refractivity contribution is 7.91. The smallest absolute Gasteiger partial charge is 0.174 e. The summed E-state index contributed by atoms with van der Waals surface area (Å²) in [6.45, 7) is 2.62. The lowest BCUT2D eigenvalue weighted by Gasteiger charge is -2.31. The van der Waals surface area contributed by atoms with Gasteiger partial charge in [-0.3, -0.25) is 0 Å². The third-order valence-electron chi connectivity index (χ3n) is 4.49. The Balaban J connectivity index is 1.82. The number of nitrogens with zero attached hydrogens (tertiary/aromatic N) is 1. The van der Waals surface area contributed by atoms with E-state index in [1.54, 1.807) is 0 Å². The van der Waals surface area contributed by atoms with Crippen LogP contribution in [0.3, 0.4) is 0 Å². The summed E-state index contributed by atoms with van der Waals surface area (Å²) in [4.78, 5) is 2.02. The lowest BCUT2D eigenvalue weighted by Crippen LogP contribution is -2.43. The fourth-order valence-corrected chi connectivity index (χ4v) is 5.12. The zero-order chi connectivity index (χ0) is 17.9. The molecule has 1 N–H and O–H groups in total. The molecule has 1 saturated heterocycles. The Kier molecular flexibility index (Phi) is 5.39. The maximum atomic E-state index is 11.9. The van der Waals surface area contributed by atoms with Crippen molar-refractivity contribution < 1.29 is 8.42 Å². The Hall–Kier alpha value is -1.92. The maximum Gasteiger partial charge on any atom is 0.174 e. The molecule has 0 amide bonds. The van der Waals surface area contributed by atoms with E-state index < -0.39 is 9.84 Å². The molecular formula is C19H22N2O2S2. The Labute approximate surface area is 154 Å². The van der Waals surface area contributed by atoms with Crippen molar-refractivity contribution in [1.82, 2.24) is 4.90 Å². The predicted octanol–water partition coefficient (Wildman–Crippen LogP) is 3.38. The molecule has 3 rings (SSSR count). The number of hydrogen-bond acceptors (Lipinski definition) is 3. The fraction of sp³-hybridized carbons (Fsp3) is 0.316. The van der Waals surface area contributed by atoms with Crippen LogP contribution < -0.4 is 5.32 Å². The van der Waals surface area contributed by atoms with Crippen molar-refractivity contribution >= 4 is 32.9 Å². The van der Waals surface area contributed by atoms with Crippen molar-refractivity contribution in [2.45, 2.75) is 25.9 Å². The average Bonchev–Trinajstić information content (AvgIpc) is 2.95. The summed E-state index contributed by atoms with van der Waals surface area (Å²) >= 11 is 5.65. The molecular weight excluding hydrogens is 352 g/mol. The molecule has 2 aromatic rings. The topological polar surface area (TPSA) is 49.4 Å². The molecule has 6 heteroatoms. The van der Waals surface area contributed by atoms with Gasteiger partial charge in [0.05, 0.1) is 11.5 Å². The van der Waals surface area contributed by atoms with Crippen LogP contribution in [0.5, 0.6) is 0 Å². The summed E-state index contributed by atoms with van der Waals surface area (Å²) in [5.74, 6) is 0.394. The van der Waals surface area contributed by atoms with Crippen molar-refractivity contribution in [2.24, 2.45) is 0 Å². The Morgan fingerprint density at radius 2 is 1.84 bits per heavy atom. The highest BCUT2D eigenvalue weighted by Crippen LogP contribution is 2.22. The van der Waals surface area contributed by atoms with E-state index >= 15 is 0 Å². The highest BCUT2D eigenvalue weighted by atomic mass is 32.2. The van der Waals surface area contributed by atoms with E-state index in [4.69, 9.17) is 12.2 Å². The number of benzene rings is 2. The molecule has 4 nitrogen and oxygen atoms in total. The van der Waals surface area contributed by atoms with E-state index in [-0.39, 0.29) is 17.5 Å². The van der Waals surface area contributed by atoms with Crippen molar-refractivity contribution in [3.05, 3.63) is 65.7 Å². The third-order valence-corrected chi connectivity index (χ3v) is 6.58. The predicted molar refractivity (Wildman–Crippen MR) is 106 cm³/mol. The standard InChI is InChI=1S/C19H22N2O2S2/c1-15-7-5-6-10-18(15)20-19(24)21(13-16-8-3-2-4-9-16)17-11-12-25(22,23)14-17/h2-10,17H,11-14H2,1H3,(H,20,24)/t17-/m0/s1. The van der Waals surface area contributed by atoms with Crippen LogP contribution in [0, 0.1) is 6.92 Å². The summed E-state index contributed by atoms with van der Waals surface area (Å²) in [5.41, 5.74) is 3.16. The van der Waals surface area contributed by atoms with Crippen LogP contribution in [-0.2, 0) is 16.4 Å². The maximum absolute atomic E-state index is 11.9. The van der Waals surface area contributed by atoms with E-state index in [9.17, 15) is 8.42 Å². The molecule has 0 aromatic heterocycles. The first-order valence-corrected chi connectivity index (χ1v) is 10.6. The van der Waals surface area contributed by atoms with E-state index in [0.717, 1.165) is 16.8 Å². The van der Waals surface area contributed by atoms with Gasteiger partial charge in [-0.1, -0.05) is 48.5 Å². The molecule has 1 heterocycles. The SMILES string of the molecule is Cc1ccccc1NC(=S)N(Cc1ccccc1)[C@H]1CCS(=O)(=O)C1. The summed E-state index contributed by atoms with van der Waals surface area (Å²) in [5, 5.41) is 3.87. The van der Waals surface area contributed by atoms with Gasteiger partial charge in [-0.05, 0) is 42.8 Å². The van der Waals surface area contributed by atoms with Crippen molar-refractivity contribution in [3.8, 4) is 0 Å². The number of thiocarbonyl (C=S) groups is 1. The number of para-hydroxylation sites is 1. The summed E-state index contributed by atoms with van der Waals surface area (Å²) in [6, 6.07) is 17.9. The first-order chi connectivity index (χ1) is 11.9. The second-order valence-electron chi connectivity index (χ2n) is 6.42. The summed E-state index contributed by atoms with van der Waals surface area (Å²) in [7, 11) is -2.98. The van der Waals surface area contributed by atoms with Crippen LogP contribution in [0.15, 0.2) is 54.6 Å². The van der Waals surface area contributed by atoms with Crippen molar-refractivity contribution in [3.63, 3.8) is 0 Å². The Bertz CT molecular complexity index is 851. The van der Waals surface area contributed by atoms with Crippen LogP contribution in [0.25, 0.3) is 0 Å². The molecule has 0 bridgehead atoms. The molecule has 0 unspecified atom stereocenters. The van der Waals surface area contributed by atoms with Gasteiger partial charge >= 0.3 is 0 Å². The van der Waals surface area contributed by atoms with Crippen LogP contribution in [0.1, 0.15) is 17.5 Å². The van der Waals surface area contributed by atoms with Gasteiger partial charge in [0.1, 0.15) is 0 Å². The van der Waals surface area contributed by atoms with Gasteiger partial charge in [0.25, 0.3) is 0 Å². The minimum Gasteiger partial charge on any atom is -0.341 e. The molecule has 1 aliphatic rings. The minimum atomic E-state index is -2.98. The minimum absolute atomic E-state index is 0.0887. The van der Waals surface area contributed by atoms with Crippen molar-refractivity contribution in [1.29, 1.82) is 0 Å². The summed E-state index contributed by atoms with van der Waals surface area (Å²) in [6.07, 6.45) is 0.616. The van der Waals surface area contributed by atoms with Gasteiger partial charge in [0.15, 0.2) is 14.9 Å². The quantitative estimate of drug-likeness (QED) is 0.832. The van der Waals surface area contributed by atoms with Crippen LogP contribution in [0.4, 0.5) is 5.69 Å². The van der Waals surface area contributed by atoms with E-state index in [0.29, 0.717) is 18.1 Å². The average molecular weight is 375 g/mol. The molecule has 25 heavy (non-hydrogen) atoms. The Morgan fingerprint density at radius 1 is 1.16 bits per heavy atom. The van der Waals surface area contributed by atoms with Gasteiger partial charge in [0, 0.05) is 18.3 Å². The van der Waals surface area contributed by atoms with E-state index in [1.807, 2.05) is 66.4 Å². The van der Waals surface area contributed by atoms with E-state index in [2.05, 4.69) is 5.32 Å². The molecule has 1 fully saturated rings. The van der Waals surface area contributed by atoms with E-state index in [1.165, 1.54) is 0 Å². The lowest BCUT2D eigenvalue weighted by atomic mass is 10.1. The lowest BCUT2D eigenvalue weighted by molar-refractivity contribution is 0.332. The van der Waals surface area contributed by atoms with Crippen molar-refractivity contribution in [2.75, 3.05) is 16.8 Å². The monoisotopic (exact) mass is 374 g/mol. The largest absolute Gasteiger partial charge is 0.341 e. The third kappa shape index (κ3) is 4.58. The number of hydrogen-bond donors (Lipinski definition) is 1. The zero-order valence-electron chi connectivity index (χ0n) is 14.2. The first kappa shape index (κ1) is 17.9. The number of nitrogens with one attached hydrogen (secondary N) is 1. The van der Waals surface area contributed by atoms with Gasteiger partial charge in [0.2, 0.25) is 0 Å². The molecule has 0 saturated carbocycles. The second-order valence-corrected chi connectivity index (χ2v) is 9.03. The van der Waals surface area contributed by atoms with Gasteiger partial charge in [-0.15, -0.1) is 0 Å². The molecule has 132 valence electrons. The molecule has 0 aliphatic carbocycles. The fourth-order valence-electron chi connectivity index (χ4n) is 3.07. The number of rotatable bonds is 4. The van der Waals surface area contributed by atoms with Crippen LogP contribution in [-0.4, -0.2) is 36.0 Å². The number of aryl methyl sites for hydroxylation is 1. The van der Waals surface area contributed by atoms with Gasteiger partial charge in [-0.2, -0.15) is 0 Å². The molecule has 1 aliphatic heterocycles. The zero-order valence-corrected chi connectivity index (χ0v) is 15.8. The number of anilines is 1. The number of sulfone groups is 1. The first-order valence-electron chi connectivity index (χ1n) is 8.32. The highest BCUT2D eigenvalue weighted by Gasteiger charge is 2.33. The normalized spacial score (nSPS) is 18.7. The van der Waals surface area contributed by atoms with Gasteiger partial charge < -0.3 is 10.2 Å². The Morgan fingerprint density at radius 3 is 2.48 bits per heavy atom. The van der Waals surface area contributed by atoms with Crippen LogP contribution in [0.2, 0.25) is 0 Å². The van der Waals surface area contributed by atoms with Gasteiger partial charge in [-0.25, -0.2) is 8.42 Å². The summed E-state index contributed by atoms with van der Waals surface area (Å²) < 4.78 is 23.9.